The van der Waals surface area contributed by atoms with Crippen molar-refractivity contribution in [3.8, 4) is 0 Å². The number of fused-ring (bicyclic) bond motifs is 3. The summed E-state index contributed by atoms with van der Waals surface area (Å²) in [5.74, 6) is -0.959. The van der Waals surface area contributed by atoms with Gasteiger partial charge in [-0.15, -0.1) is 11.3 Å². The molecular formula is C13H14N2O4S. The van der Waals surface area contributed by atoms with Crippen molar-refractivity contribution in [2.75, 3.05) is 6.61 Å². The summed E-state index contributed by atoms with van der Waals surface area (Å²) in [6.45, 7) is 1.74. The maximum Gasteiger partial charge on any atom is 0.311 e. The topological polar surface area (TPSA) is 92.4 Å². The van der Waals surface area contributed by atoms with Crippen LogP contribution in [-0.2, 0) is 17.8 Å². The predicted molar refractivity (Wildman–Crippen MR) is 74.4 cm³/mol. The minimum Gasteiger partial charge on any atom is -0.481 e. The molecule has 0 aromatic carbocycles. The summed E-state index contributed by atoms with van der Waals surface area (Å²) >= 11 is 1.41. The quantitative estimate of drug-likeness (QED) is 0.876. The van der Waals surface area contributed by atoms with Gasteiger partial charge in [-0.05, 0) is 25.3 Å². The molecule has 0 saturated carbocycles. The third kappa shape index (κ3) is 1.77. The zero-order chi connectivity index (χ0) is 14.4. The molecule has 1 aliphatic carbocycles. The highest BCUT2D eigenvalue weighted by molar-refractivity contribution is 7.18. The highest BCUT2D eigenvalue weighted by atomic mass is 32.1. The van der Waals surface area contributed by atoms with E-state index in [-0.39, 0.29) is 18.7 Å². The van der Waals surface area contributed by atoms with E-state index in [9.17, 15) is 14.7 Å². The summed E-state index contributed by atoms with van der Waals surface area (Å²) in [4.78, 5) is 29.8. The zero-order valence-electron chi connectivity index (χ0n) is 10.9. The van der Waals surface area contributed by atoms with Crippen molar-refractivity contribution >= 4 is 27.5 Å². The first-order chi connectivity index (χ1) is 9.54. The number of rotatable bonds is 3. The van der Waals surface area contributed by atoms with Gasteiger partial charge in [0, 0.05) is 4.88 Å². The molecule has 7 heteroatoms. The summed E-state index contributed by atoms with van der Waals surface area (Å²) < 4.78 is 1.41. The van der Waals surface area contributed by atoms with Gasteiger partial charge < -0.3 is 10.2 Å². The van der Waals surface area contributed by atoms with Gasteiger partial charge in [-0.25, -0.2) is 4.98 Å². The van der Waals surface area contributed by atoms with Crippen LogP contribution in [0.4, 0.5) is 0 Å². The highest BCUT2D eigenvalue weighted by Crippen LogP contribution is 2.42. The van der Waals surface area contributed by atoms with Crippen LogP contribution in [0.1, 0.15) is 28.6 Å². The summed E-state index contributed by atoms with van der Waals surface area (Å²) in [7, 11) is 0. The van der Waals surface area contributed by atoms with E-state index in [0.29, 0.717) is 34.4 Å². The van der Waals surface area contributed by atoms with E-state index in [1.165, 1.54) is 15.9 Å². The fourth-order valence-electron chi connectivity index (χ4n) is 2.84. The number of carboxylic acid groups (broad SMARTS) is 1. The molecule has 0 bridgehead atoms. The lowest BCUT2D eigenvalue weighted by molar-refractivity contribution is -0.138. The van der Waals surface area contributed by atoms with Gasteiger partial charge in [-0.3, -0.25) is 14.2 Å². The Morgan fingerprint density at radius 1 is 1.55 bits per heavy atom. The van der Waals surface area contributed by atoms with Crippen LogP contribution in [0.25, 0.3) is 10.2 Å². The molecule has 1 aliphatic rings. The molecule has 0 spiro atoms. The van der Waals surface area contributed by atoms with Crippen LogP contribution in [0, 0.1) is 6.92 Å². The van der Waals surface area contributed by atoms with Crippen LogP contribution in [0.3, 0.4) is 0 Å². The fraction of sp³-hybridized carbons (Fsp3) is 0.462. The normalized spacial score (nSPS) is 17.6. The highest BCUT2D eigenvalue weighted by Gasteiger charge is 2.34. The van der Waals surface area contributed by atoms with Crippen LogP contribution in [0.5, 0.6) is 0 Å². The van der Waals surface area contributed by atoms with Gasteiger partial charge in [-0.1, -0.05) is 0 Å². The van der Waals surface area contributed by atoms with Gasteiger partial charge in [0.25, 0.3) is 5.56 Å². The van der Waals surface area contributed by atoms with Crippen LogP contribution in [0.2, 0.25) is 0 Å². The van der Waals surface area contributed by atoms with E-state index in [0.717, 1.165) is 4.88 Å². The molecule has 2 heterocycles. The standard InChI is InChI=1S/C13H14N2O4S/c1-6-14-11-10(12(17)15(6)4-5-16)9-7(13(18)19)2-3-8(9)20-11/h7,16H,2-5H2,1H3,(H,18,19). The maximum absolute atomic E-state index is 12.6. The largest absolute Gasteiger partial charge is 0.481 e. The minimum atomic E-state index is -0.892. The van der Waals surface area contributed by atoms with Gasteiger partial charge in [0.05, 0.1) is 24.5 Å². The van der Waals surface area contributed by atoms with Crippen molar-refractivity contribution in [2.24, 2.45) is 0 Å². The van der Waals surface area contributed by atoms with Crippen molar-refractivity contribution in [2.45, 2.75) is 32.2 Å². The molecule has 0 amide bonds. The lowest BCUT2D eigenvalue weighted by Crippen LogP contribution is -2.26. The Hall–Kier alpha value is -1.73. The third-order valence-electron chi connectivity index (χ3n) is 3.75. The van der Waals surface area contributed by atoms with Crippen molar-refractivity contribution in [3.05, 3.63) is 26.6 Å². The van der Waals surface area contributed by atoms with Crippen molar-refractivity contribution in [1.29, 1.82) is 0 Å². The molecule has 3 rings (SSSR count). The number of aliphatic hydroxyl groups excluding tert-OH is 1. The average molecular weight is 294 g/mol. The molecular weight excluding hydrogens is 280 g/mol. The Kier molecular flexibility index (Phi) is 3.10. The Labute approximate surface area is 118 Å². The molecule has 2 aromatic heterocycles. The molecule has 1 atom stereocenters. The summed E-state index contributed by atoms with van der Waals surface area (Å²) in [5, 5.41) is 18.8. The van der Waals surface area contributed by atoms with Crippen molar-refractivity contribution < 1.29 is 15.0 Å². The minimum absolute atomic E-state index is 0.150. The number of carboxylic acids is 1. The average Bonchev–Trinajstić information content (AvgIpc) is 2.92. The number of thiophene rings is 1. The smallest absolute Gasteiger partial charge is 0.311 e. The van der Waals surface area contributed by atoms with Crippen LogP contribution in [0.15, 0.2) is 4.79 Å². The first-order valence-corrected chi connectivity index (χ1v) is 7.22. The lowest BCUT2D eigenvalue weighted by Gasteiger charge is -2.09. The van der Waals surface area contributed by atoms with E-state index in [4.69, 9.17) is 5.11 Å². The molecule has 0 radical (unpaired) electrons. The van der Waals surface area contributed by atoms with Gasteiger partial charge >= 0.3 is 5.97 Å². The molecule has 0 saturated heterocycles. The van der Waals surface area contributed by atoms with E-state index in [2.05, 4.69) is 4.98 Å². The first kappa shape index (κ1) is 13.3. The predicted octanol–water partition coefficient (Wildman–Crippen LogP) is 0.873. The second-order valence-electron chi connectivity index (χ2n) is 4.89. The lowest BCUT2D eigenvalue weighted by atomic mass is 10.0. The maximum atomic E-state index is 12.6. The van der Waals surface area contributed by atoms with Gasteiger partial charge in [-0.2, -0.15) is 0 Å². The monoisotopic (exact) mass is 294 g/mol. The molecule has 2 aromatic rings. The molecule has 0 aliphatic heterocycles. The number of hydrogen-bond donors (Lipinski definition) is 2. The van der Waals surface area contributed by atoms with Crippen molar-refractivity contribution in [3.63, 3.8) is 0 Å². The second-order valence-corrected chi connectivity index (χ2v) is 5.97. The van der Waals surface area contributed by atoms with Crippen molar-refractivity contribution in [1.82, 2.24) is 9.55 Å². The second kappa shape index (κ2) is 4.68. The Bertz CT molecular complexity index is 762. The van der Waals surface area contributed by atoms with E-state index < -0.39 is 11.9 Å². The number of aliphatic hydroxyl groups is 1. The SMILES string of the molecule is Cc1nc2sc3c(c2c(=O)n1CCO)C(C(=O)O)CC3. The molecule has 20 heavy (non-hydrogen) atoms. The number of hydrogen-bond acceptors (Lipinski definition) is 5. The Morgan fingerprint density at radius 3 is 2.95 bits per heavy atom. The van der Waals surface area contributed by atoms with Gasteiger partial charge in [0.2, 0.25) is 0 Å². The van der Waals surface area contributed by atoms with E-state index in [1.54, 1.807) is 6.92 Å². The van der Waals surface area contributed by atoms with Crippen LogP contribution in [-0.4, -0.2) is 32.3 Å². The van der Waals surface area contributed by atoms with E-state index in [1.807, 2.05) is 0 Å². The molecule has 1 unspecified atom stereocenters. The van der Waals surface area contributed by atoms with Gasteiger partial charge in [0.15, 0.2) is 0 Å². The third-order valence-corrected chi connectivity index (χ3v) is 4.91. The number of aromatic nitrogens is 2. The van der Waals surface area contributed by atoms with E-state index >= 15 is 0 Å². The first-order valence-electron chi connectivity index (χ1n) is 6.41. The fourth-order valence-corrected chi connectivity index (χ4v) is 4.12. The number of carbonyl (C=O) groups is 1. The number of aliphatic carboxylic acids is 1. The molecule has 0 fully saturated rings. The van der Waals surface area contributed by atoms with Crippen LogP contribution >= 0.6 is 11.3 Å². The zero-order valence-corrected chi connectivity index (χ0v) is 11.7. The number of nitrogens with zero attached hydrogens (tertiary/aromatic N) is 2. The Balaban J connectivity index is 2.33. The molecule has 2 N–H and O–H groups in total. The summed E-state index contributed by atoms with van der Waals surface area (Å²) in [5.41, 5.74) is 0.397. The van der Waals surface area contributed by atoms with Gasteiger partial charge in [0.1, 0.15) is 10.7 Å². The molecule has 106 valence electrons. The molecule has 6 nitrogen and oxygen atoms in total. The Morgan fingerprint density at radius 2 is 2.30 bits per heavy atom. The number of aryl methyl sites for hydroxylation is 2. The summed E-state index contributed by atoms with van der Waals surface area (Å²) in [6, 6.07) is 0. The van der Waals surface area contributed by atoms with Crippen LogP contribution < -0.4 is 5.56 Å². The summed E-state index contributed by atoms with van der Waals surface area (Å²) in [6.07, 6.45) is 1.23.